The molecule has 0 bridgehead atoms. The van der Waals surface area contributed by atoms with Crippen molar-refractivity contribution in [3.63, 3.8) is 0 Å². The molecule has 7 rings (SSSR count). The molecule has 268 valence electrons. The molecule has 2 aliphatic heterocycles. The van der Waals surface area contributed by atoms with E-state index in [-0.39, 0.29) is 48.1 Å². The van der Waals surface area contributed by atoms with Crippen LogP contribution in [0.15, 0.2) is 61.1 Å². The number of ether oxygens (including phenoxy) is 1. The van der Waals surface area contributed by atoms with Crippen LogP contribution in [0.3, 0.4) is 0 Å². The van der Waals surface area contributed by atoms with Crippen LogP contribution in [0.5, 0.6) is 5.88 Å². The molecule has 1 unspecified atom stereocenters. The fourth-order valence-corrected chi connectivity index (χ4v) is 6.69. The Morgan fingerprint density at radius 2 is 1.71 bits per heavy atom. The summed E-state index contributed by atoms with van der Waals surface area (Å²) in [6.45, 7) is 1.20. The van der Waals surface area contributed by atoms with Gasteiger partial charge in [-0.05, 0) is 56.4 Å². The number of benzene rings is 2. The number of piperidine rings is 2. The minimum Gasteiger partial charge on any atom is -0.474 e. The number of para-hydroxylation sites is 2. The molecule has 3 fully saturated rings. The highest BCUT2D eigenvalue weighted by molar-refractivity contribution is 6.40. The molecule has 52 heavy (non-hydrogen) atoms. The molecule has 0 spiro atoms. The highest BCUT2D eigenvalue weighted by Crippen LogP contribution is 2.34. The Bertz CT molecular complexity index is 2030. The lowest BCUT2D eigenvalue weighted by molar-refractivity contribution is -0.139. The maximum Gasteiger partial charge on any atom is 0.263 e. The molecule has 0 radical (unpaired) electrons. The summed E-state index contributed by atoms with van der Waals surface area (Å²) >= 11 is 12.5. The lowest BCUT2D eigenvalue weighted by Crippen LogP contribution is -2.54. The molecule has 2 aromatic carbocycles. The van der Waals surface area contributed by atoms with Gasteiger partial charge in [0.15, 0.2) is 0 Å². The molecule has 4 heterocycles. The number of hydrogen-bond donors (Lipinski definition) is 3. The Balaban J connectivity index is 1.00. The van der Waals surface area contributed by atoms with Crippen molar-refractivity contribution >= 4 is 76.3 Å². The largest absolute Gasteiger partial charge is 0.474 e. The minimum absolute atomic E-state index is 0.0359. The van der Waals surface area contributed by atoms with Gasteiger partial charge in [0.05, 0.1) is 39.2 Å². The monoisotopic (exact) mass is 745 g/mol. The molecule has 3 N–H and O–H groups in total. The number of halogens is 2. The van der Waals surface area contributed by atoms with Crippen molar-refractivity contribution < 1.29 is 28.7 Å². The van der Waals surface area contributed by atoms with Gasteiger partial charge < -0.3 is 20.3 Å². The van der Waals surface area contributed by atoms with Crippen LogP contribution >= 0.6 is 23.2 Å². The van der Waals surface area contributed by atoms with Crippen LogP contribution in [-0.2, 0) is 14.4 Å². The van der Waals surface area contributed by atoms with Crippen molar-refractivity contribution in [2.45, 2.75) is 56.7 Å². The molecule has 1 aliphatic carbocycles. The Hall–Kier alpha value is -5.54. The standard InChI is InChI=1S/C35H33Cl2N9O6/c36-25-5-3-6-26(37)30(25)42-31(49)24-17-38-35(43-33(24)52-22-8-9-22)40-20-16-39-46(18-20)21-12-14-44(15-13-21)27-7-2-1-4-23(27)34(51)45(19-47)28-10-11-29(48)41-32(28)50/h1-7,16-19,21-22,28H,8-15H2,(H,42,49)(H,38,40,43)(H,41,48,50). The summed E-state index contributed by atoms with van der Waals surface area (Å²) in [5, 5.41) is 13.2. The van der Waals surface area contributed by atoms with E-state index in [1.54, 1.807) is 36.5 Å². The third kappa shape index (κ3) is 7.55. The number of anilines is 4. The van der Waals surface area contributed by atoms with E-state index in [2.05, 4.69) is 35.9 Å². The summed E-state index contributed by atoms with van der Waals surface area (Å²) in [7, 11) is 0. The van der Waals surface area contributed by atoms with Crippen LogP contribution in [0.25, 0.3) is 0 Å². The van der Waals surface area contributed by atoms with Gasteiger partial charge in [-0.2, -0.15) is 10.1 Å². The van der Waals surface area contributed by atoms with Gasteiger partial charge in [-0.15, -0.1) is 0 Å². The van der Waals surface area contributed by atoms with Gasteiger partial charge in [0.25, 0.3) is 11.8 Å². The van der Waals surface area contributed by atoms with Gasteiger partial charge in [-0.1, -0.05) is 41.4 Å². The van der Waals surface area contributed by atoms with Crippen molar-refractivity contribution in [3.05, 3.63) is 82.2 Å². The second-order valence-electron chi connectivity index (χ2n) is 12.6. The van der Waals surface area contributed by atoms with Crippen LogP contribution in [-0.4, -0.2) is 79.9 Å². The minimum atomic E-state index is -1.05. The number of aromatic nitrogens is 4. The zero-order valence-electron chi connectivity index (χ0n) is 27.6. The average Bonchev–Trinajstić information content (AvgIpc) is 3.84. The number of nitrogens with zero attached hydrogens (tertiary/aromatic N) is 6. The smallest absolute Gasteiger partial charge is 0.263 e. The Labute approximate surface area is 307 Å². The fraction of sp³-hybridized carbons (Fsp3) is 0.314. The van der Waals surface area contributed by atoms with Gasteiger partial charge >= 0.3 is 0 Å². The van der Waals surface area contributed by atoms with Crippen LogP contribution in [0.1, 0.15) is 65.3 Å². The quantitative estimate of drug-likeness (QED) is 0.142. The first-order valence-electron chi connectivity index (χ1n) is 16.7. The zero-order chi connectivity index (χ0) is 36.4. The number of nitrogens with one attached hydrogen (secondary N) is 3. The molecule has 2 aromatic heterocycles. The van der Waals surface area contributed by atoms with Crippen molar-refractivity contribution in [2.24, 2.45) is 0 Å². The maximum absolute atomic E-state index is 13.6. The summed E-state index contributed by atoms with van der Waals surface area (Å²) in [6, 6.07) is 10.9. The highest BCUT2D eigenvalue weighted by atomic mass is 35.5. The Morgan fingerprint density at radius 3 is 2.42 bits per heavy atom. The summed E-state index contributed by atoms with van der Waals surface area (Å²) in [5.41, 5.74) is 2.00. The third-order valence-electron chi connectivity index (χ3n) is 9.07. The summed E-state index contributed by atoms with van der Waals surface area (Å²) in [5.74, 6) is -1.86. The van der Waals surface area contributed by atoms with Crippen LogP contribution in [0, 0.1) is 0 Å². The first kappa shape index (κ1) is 34.9. The molecule has 15 nitrogen and oxygen atoms in total. The van der Waals surface area contributed by atoms with E-state index in [0.29, 0.717) is 59.3 Å². The molecule has 17 heteroatoms. The van der Waals surface area contributed by atoms with E-state index in [1.807, 2.05) is 23.0 Å². The molecule has 3 aliphatic rings. The summed E-state index contributed by atoms with van der Waals surface area (Å²) in [4.78, 5) is 74.6. The number of rotatable bonds is 11. The number of carbonyl (C=O) groups is 5. The number of carbonyl (C=O) groups excluding carboxylic acids is 5. The predicted molar refractivity (Wildman–Crippen MR) is 191 cm³/mol. The number of hydrogen-bond acceptors (Lipinski definition) is 11. The lowest BCUT2D eigenvalue weighted by Gasteiger charge is -2.35. The van der Waals surface area contributed by atoms with Crippen LogP contribution < -0.4 is 25.6 Å². The predicted octanol–water partition coefficient (Wildman–Crippen LogP) is 4.76. The number of imide groups is 2. The van der Waals surface area contributed by atoms with E-state index >= 15 is 0 Å². The van der Waals surface area contributed by atoms with E-state index in [0.717, 1.165) is 17.7 Å². The second kappa shape index (κ2) is 15.0. The molecular formula is C35H33Cl2N9O6. The fourth-order valence-electron chi connectivity index (χ4n) is 6.20. The van der Waals surface area contributed by atoms with Crippen LogP contribution in [0.4, 0.5) is 23.0 Å². The zero-order valence-corrected chi connectivity index (χ0v) is 29.1. The SMILES string of the molecule is O=CN(C(=O)c1ccccc1N1CCC(n2cc(Nc3ncc(C(=O)Nc4c(Cl)cccc4Cl)c(OC4CC4)n3)cn2)CC1)C1CCC(=O)NC1=O. The first-order chi connectivity index (χ1) is 25.2. The molecule has 5 amide bonds. The van der Waals surface area contributed by atoms with E-state index in [9.17, 15) is 24.0 Å². The van der Waals surface area contributed by atoms with Crippen molar-refractivity contribution in [3.8, 4) is 5.88 Å². The normalized spacial score (nSPS) is 17.7. The Kier molecular flexibility index (Phi) is 10.0. The van der Waals surface area contributed by atoms with Gasteiger partial charge in [0, 0.05) is 37.6 Å². The van der Waals surface area contributed by atoms with Gasteiger partial charge in [0.2, 0.25) is 30.1 Å². The molecular weight excluding hydrogens is 713 g/mol. The first-order valence-corrected chi connectivity index (χ1v) is 17.5. The van der Waals surface area contributed by atoms with Crippen molar-refractivity contribution in [1.82, 2.24) is 30.0 Å². The van der Waals surface area contributed by atoms with Gasteiger partial charge in [0.1, 0.15) is 17.7 Å². The molecule has 2 saturated heterocycles. The Morgan fingerprint density at radius 1 is 0.962 bits per heavy atom. The average molecular weight is 747 g/mol. The highest BCUT2D eigenvalue weighted by Gasteiger charge is 2.36. The topological polar surface area (TPSA) is 181 Å². The second-order valence-corrected chi connectivity index (χ2v) is 13.4. The number of amides is 5. The van der Waals surface area contributed by atoms with Crippen molar-refractivity contribution in [2.75, 3.05) is 28.6 Å². The van der Waals surface area contributed by atoms with Gasteiger partial charge in [-0.3, -0.25) is 38.9 Å². The van der Waals surface area contributed by atoms with E-state index in [1.165, 1.54) is 6.20 Å². The lowest BCUT2D eigenvalue weighted by atomic mass is 10.0. The van der Waals surface area contributed by atoms with Gasteiger partial charge in [-0.25, -0.2) is 4.98 Å². The van der Waals surface area contributed by atoms with Crippen LogP contribution in [0.2, 0.25) is 10.0 Å². The molecule has 4 aromatic rings. The molecule has 1 atom stereocenters. The molecule has 1 saturated carbocycles. The van der Waals surface area contributed by atoms with E-state index < -0.39 is 29.7 Å². The van der Waals surface area contributed by atoms with E-state index in [4.69, 9.17) is 27.9 Å². The van der Waals surface area contributed by atoms with Crippen molar-refractivity contribution in [1.29, 1.82) is 0 Å². The summed E-state index contributed by atoms with van der Waals surface area (Å²) < 4.78 is 7.83. The summed E-state index contributed by atoms with van der Waals surface area (Å²) in [6.07, 6.45) is 8.47. The third-order valence-corrected chi connectivity index (χ3v) is 9.70. The maximum atomic E-state index is 13.6.